The molecule has 0 amide bonds. The highest BCUT2D eigenvalue weighted by atomic mass is 127. The predicted octanol–water partition coefficient (Wildman–Crippen LogP) is 3.55. The third kappa shape index (κ3) is 2.82. The van der Waals surface area contributed by atoms with Gasteiger partial charge in [-0.3, -0.25) is 0 Å². The highest BCUT2D eigenvalue weighted by Crippen LogP contribution is 2.37. The molecule has 76 valence electrons. The molecular weight excluding hydrogens is 275 g/mol. The van der Waals surface area contributed by atoms with Crippen molar-refractivity contribution in [2.75, 3.05) is 11.0 Å². The van der Waals surface area contributed by atoms with Crippen LogP contribution in [0.5, 0.6) is 0 Å². The molecule has 0 atom stereocenters. The molecule has 2 rings (SSSR count). The molecule has 0 aliphatic heterocycles. The van der Waals surface area contributed by atoms with Gasteiger partial charge in [-0.1, -0.05) is 48.3 Å². The van der Waals surface area contributed by atoms with E-state index >= 15 is 0 Å². The van der Waals surface area contributed by atoms with Crippen LogP contribution >= 0.6 is 22.6 Å². The van der Waals surface area contributed by atoms with Crippen LogP contribution in [0.25, 0.3) is 0 Å². The summed E-state index contributed by atoms with van der Waals surface area (Å²) in [6, 6.07) is 0. The molecule has 13 heavy (non-hydrogen) atoms. The number of ether oxygens (including phenoxy) is 1. The van der Waals surface area contributed by atoms with Crippen LogP contribution in [-0.2, 0) is 4.74 Å². The molecule has 2 aliphatic rings. The van der Waals surface area contributed by atoms with Gasteiger partial charge in [0.1, 0.15) is 0 Å². The summed E-state index contributed by atoms with van der Waals surface area (Å²) in [5.74, 6) is 1.02. The van der Waals surface area contributed by atoms with Gasteiger partial charge in [-0.05, 0) is 25.2 Å². The second-order valence-electron chi connectivity index (χ2n) is 4.60. The molecule has 0 bridgehead atoms. The predicted molar refractivity (Wildman–Crippen MR) is 63.4 cm³/mol. The quantitative estimate of drug-likeness (QED) is 0.556. The number of halogens is 1. The maximum Gasteiger partial charge on any atom is 0.0771 e. The summed E-state index contributed by atoms with van der Waals surface area (Å²) in [5, 5.41) is 0. The number of hydrogen-bond acceptors (Lipinski definition) is 1. The zero-order valence-electron chi connectivity index (χ0n) is 8.23. The van der Waals surface area contributed by atoms with Crippen molar-refractivity contribution in [1.82, 2.24) is 0 Å². The van der Waals surface area contributed by atoms with Crippen LogP contribution in [0.15, 0.2) is 0 Å². The first-order chi connectivity index (χ1) is 6.35. The molecule has 2 saturated carbocycles. The summed E-state index contributed by atoms with van der Waals surface area (Å²) < 4.78 is 7.27. The Morgan fingerprint density at radius 2 is 1.92 bits per heavy atom. The Kier molecular flexibility index (Phi) is 3.52. The fourth-order valence-electron chi connectivity index (χ4n) is 2.18. The lowest BCUT2D eigenvalue weighted by molar-refractivity contribution is -0.0227. The minimum absolute atomic E-state index is 0.287. The Bertz CT molecular complexity index is 159. The number of hydrogen-bond donors (Lipinski definition) is 0. The van der Waals surface area contributed by atoms with E-state index in [1.54, 1.807) is 0 Å². The second-order valence-corrected chi connectivity index (χ2v) is 5.37. The monoisotopic (exact) mass is 294 g/mol. The molecule has 0 radical (unpaired) electrons. The maximum atomic E-state index is 6.08. The van der Waals surface area contributed by atoms with Gasteiger partial charge in [0.05, 0.1) is 5.60 Å². The number of alkyl halides is 1. The van der Waals surface area contributed by atoms with Gasteiger partial charge in [0.2, 0.25) is 0 Å². The molecule has 0 N–H and O–H groups in total. The zero-order valence-corrected chi connectivity index (χ0v) is 10.4. The Balaban J connectivity index is 1.69. The van der Waals surface area contributed by atoms with Gasteiger partial charge < -0.3 is 4.74 Å². The highest BCUT2D eigenvalue weighted by molar-refractivity contribution is 14.1. The van der Waals surface area contributed by atoms with Crippen molar-refractivity contribution in [3.8, 4) is 0 Å². The average molecular weight is 294 g/mol. The first-order valence-electron chi connectivity index (χ1n) is 5.55. The van der Waals surface area contributed by atoms with Crippen molar-refractivity contribution in [3.05, 3.63) is 0 Å². The second kappa shape index (κ2) is 4.47. The minimum atomic E-state index is 0.287. The SMILES string of the molecule is ICC1(OCCC2CC2)CCCC1. The lowest BCUT2D eigenvalue weighted by Gasteiger charge is -2.27. The maximum absolute atomic E-state index is 6.08. The third-order valence-electron chi connectivity index (χ3n) is 3.39. The summed E-state index contributed by atoms with van der Waals surface area (Å²) in [7, 11) is 0. The van der Waals surface area contributed by atoms with Gasteiger partial charge in [0.25, 0.3) is 0 Å². The van der Waals surface area contributed by atoms with Gasteiger partial charge in [-0.15, -0.1) is 0 Å². The molecule has 0 aromatic carbocycles. The van der Waals surface area contributed by atoms with E-state index in [0.717, 1.165) is 12.5 Å². The molecule has 2 fully saturated rings. The van der Waals surface area contributed by atoms with Gasteiger partial charge in [-0.25, -0.2) is 0 Å². The molecule has 0 heterocycles. The highest BCUT2D eigenvalue weighted by Gasteiger charge is 2.34. The first-order valence-corrected chi connectivity index (χ1v) is 7.07. The topological polar surface area (TPSA) is 9.23 Å². The van der Waals surface area contributed by atoms with Crippen LogP contribution in [-0.4, -0.2) is 16.6 Å². The van der Waals surface area contributed by atoms with E-state index < -0.39 is 0 Å². The van der Waals surface area contributed by atoms with Crippen LogP contribution in [0.1, 0.15) is 44.9 Å². The van der Waals surface area contributed by atoms with Crippen molar-refractivity contribution >= 4 is 22.6 Å². The molecule has 2 aliphatic carbocycles. The van der Waals surface area contributed by atoms with E-state index in [9.17, 15) is 0 Å². The number of rotatable bonds is 5. The van der Waals surface area contributed by atoms with Crippen LogP contribution in [0.2, 0.25) is 0 Å². The normalized spacial score (nSPS) is 26.5. The molecule has 0 aromatic rings. The molecule has 0 saturated heterocycles. The van der Waals surface area contributed by atoms with Gasteiger partial charge in [0.15, 0.2) is 0 Å². The fraction of sp³-hybridized carbons (Fsp3) is 1.00. The van der Waals surface area contributed by atoms with Crippen molar-refractivity contribution in [3.63, 3.8) is 0 Å². The summed E-state index contributed by atoms with van der Waals surface area (Å²) in [6.45, 7) is 1.02. The Labute approximate surface area is 94.8 Å². The smallest absolute Gasteiger partial charge is 0.0771 e. The van der Waals surface area contributed by atoms with Crippen molar-refractivity contribution in [1.29, 1.82) is 0 Å². The third-order valence-corrected chi connectivity index (χ3v) is 4.78. The molecule has 0 unspecified atom stereocenters. The Morgan fingerprint density at radius 1 is 1.23 bits per heavy atom. The molecule has 0 aromatic heterocycles. The van der Waals surface area contributed by atoms with E-state index in [2.05, 4.69) is 22.6 Å². The van der Waals surface area contributed by atoms with Crippen molar-refractivity contribution in [2.45, 2.75) is 50.5 Å². The van der Waals surface area contributed by atoms with E-state index in [0.29, 0.717) is 0 Å². The van der Waals surface area contributed by atoms with E-state index in [-0.39, 0.29) is 5.60 Å². The molecule has 0 spiro atoms. The largest absolute Gasteiger partial charge is 0.374 e. The van der Waals surface area contributed by atoms with Crippen LogP contribution < -0.4 is 0 Å². The lowest BCUT2D eigenvalue weighted by atomic mass is 10.1. The van der Waals surface area contributed by atoms with E-state index in [1.165, 1.54) is 49.4 Å². The van der Waals surface area contributed by atoms with Gasteiger partial charge in [-0.2, -0.15) is 0 Å². The molecule has 1 nitrogen and oxygen atoms in total. The van der Waals surface area contributed by atoms with Gasteiger partial charge in [0, 0.05) is 11.0 Å². The average Bonchev–Trinajstić information content (AvgIpc) is 2.84. The Hall–Kier alpha value is 0.690. The van der Waals surface area contributed by atoms with Crippen molar-refractivity contribution < 1.29 is 4.74 Å². The van der Waals surface area contributed by atoms with Crippen LogP contribution in [0.3, 0.4) is 0 Å². The van der Waals surface area contributed by atoms with Gasteiger partial charge >= 0.3 is 0 Å². The van der Waals surface area contributed by atoms with Crippen LogP contribution in [0, 0.1) is 5.92 Å². The summed E-state index contributed by atoms with van der Waals surface area (Å²) in [5.41, 5.74) is 0.287. The minimum Gasteiger partial charge on any atom is -0.374 e. The summed E-state index contributed by atoms with van der Waals surface area (Å²) in [4.78, 5) is 0. The van der Waals surface area contributed by atoms with E-state index in [4.69, 9.17) is 4.74 Å². The standard InChI is InChI=1S/C11H19IO/c12-9-11(6-1-2-7-11)13-8-5-10-3-4-10/h10H,1-9H2. The van der Waals surface area contributed by atoms with E-state index in [1.807, 2.05) is 0 Å². The molecule has 2 heteroatoms. The van der Waals surface area contributed by atoms with Crippen molar-refractivity contribution in [2.24, 2.45) is 5.92 Å². The lowest BCUT2D eigenvalue weighted by Crippen LogP contribution is -2.31. The zero-order chi connectivity index (χ0) is 9.15. The first kappa shape index (κ1) is 10.2. The fourth-order valence-corrected chi connectivity index (χ4v) is 3.17. The Morgan fingerprint density at radius 3 is 2.46 bits per heavy atom. The van der Waals surface area contributed by atoms with Crippen LogP contribution in [0.4, 0.5) is 0 Å². The molecular formula is C11H19IO. The summed E-state index contributed by atoms with van der Waals surface area (Å²) in [6.07, 6.45) is 9.61. The summed E-state index contributed by atoms with van der Waals surface area (Å²) >= 11 is 2.49.